The number of rotatable bonds is 7. The van der Waals surface area contributed by atoms with E-state index in [1.807, 2.05) is 6.92 Å². The topological polar surface area (TPSA) is 84.9 Å². The van der Waals surface area contributed by atoms with Crippen LogP contribution >= 0.6 is 0 Å². The van der Waals surface area contributed by atoms with Gasteiger partial charge in [-0.15, -0.1) is 0 Å². The summed E-state index contributed by atoms with van der Waals surface area (Å²) >= 11 is 0. The Labute approximate surface area is 182 Å². The minimum Gasteiger partial charge on any atom is -0.493 e. The molecular weight excluding hydrogens is 443 g/mol. The minimum absolute atomic E-state index is 0.0266. The maximum absolute atomic E-state index is 13.3. The van der Waals surface area contributed by atoms with Crippen molar-refractivity contribution in [2.24, 2.45) is 0 Å². The number of benzene rings is 2. The smallest absolute Gasteiger partial charge is 0.433 e. The molecule has 32 heavy (non-hydrogen) atoms. The van der Waals surface area contributed by atoms with Gasteiger partial charge in [0.2, 0.25) is 15.0 Å². The van der Waals surface area contributed by atoms with Crippen LogP contribution in [-0.4, -0.2) is 30.0 Å². The first-order chi connectivity index (χ1) is 15.2. The van der Waals surface area contributed by atoms with E-state index < -0.39 is 21.7 Å². The second-order valence-corrected chi connectivity index (χ2v) is 9.28. The molecule has 4 rings (SSSR count). The number of unbranched alkanes of at least 4 members (excludes halogenated alkanes) is 1. The lowest BCUT2D eigenvalue weighted by molar-refractivity contribution is -0.141. The molecule has 0 bridgehead atoms. The zero-order chi connectivity index (χ0) is 22.9. The second kappa shape index (κ2) is 8.42. The number of hydrogen-bond donors (Lipinski definition) is 1. The van der Waals surface area contributed by atoms with Gasteiger partial charge >= 0.3 is 6.18 Å². The summed E-state index contributed by atoms with van der Waals surface area (Å²) in [6.07, 6.45) is -3.14. The maximum atomic E-state index is 13.3. The Morgan fingerprint density at radius 3 is 2.53 bits per heavy atom. The number of ether oxygens (including phenoxy) is 1. The van der Waals surface area contributed by atoms with Crippen molar-refractivity contribution in [3.8, 4) is 5.75 Å². The zero-order valence-electron chi connectivity index (χ0n) is 17.1. The van der Waals surface area contributed by atoms with Gasteiger partial charge in [0.1, 0.15) is 11.4 Å². The number of H-pyrrole nitrogens is 1. The van der Waals surface area contributed by atoms with Crippen LogP contribution in [0.1, 0.15) is 31.0 Å². The van der Waals surface area contributed by atoms with Crippen molar-refractivity contribution >= 4 is 31.8 Å². The third kappa shape index (κ3) is 4.55. The van der Waals surface area contributed by atoms with E-state index in [2.05, 4.69) is 15.0 Å². The number of pyridine rings is 1. The lowest BCUT2D eigenvalue weighted by Gasteiger charge is -2.14. The molecule has 0 saturated carbocycles. The van der Waals surface area contributed by atoms with Crippen LogP contribution in [0.5, 0.6) is 5.75 Å². The molecule has 0 unspecified atom stereocenters. The van der Waals surface area contributed by atoms with Gasteiger partial charge in [-0.2, -0.15) is 13.2 Å². The number of aromatic amines is 1. The molecule has 0 fully saturated rings. The van der Waals surface area contributed by atoms with Crippen molar-refractivity contribution in [2.75, 3.05) is 6.61 Å². The van der Waals surface area contributed by atoms with Gasteiger partial charge in [0, 0.05) is 11.5 Å². The molecule has 1 N–H and O–H groups in total. The lowest BCUT2D eigenvalue weighted by atomic mass is 10.1. The van der Waals surface area contributed by atoms with Gasteiger partial charge in [0.15, 0.2) is 0 Å². The molecular formula is C22H20F3N3O3S. The van der Waals surface area contributed by atoms with Crippen LogP contribution in [0.25, 0.3) is 21.9 Å². The first-order valence-corrected chi connectivity index (χ1v) is 11.6. The summed E-state index contributed by atoms with van der Waals surface area (Å²) in [6, 6.07) is 12.1. The Bertz CT molecular complexity index is 1350. The first-order valence-electron chi connectivity index (χ1n) is 9.98. The van der Waals surface area contributed by atoms with E-state index in [4.69, 9.17) is 4.74 Å². The van der Waals surface area contributed by atoms with E-state index in [0.717, 1.165) is 12.5 Å². The number of nitrogens with zero attached hydrogens (tertiary/aromatic N) is 2. The van der Waals surface area contributed by atoms with Crippen LogP contribution in [0.2, 0.25) is 0 Å². The summed E-state index contributed by atoms with van der Waals surface area (Å²) in [5.41, 5.74) is 0.537. The van der Waals surface area contributed by atoms with E-state index in [-0.39, 0.29) is 28.8 Å². The third-order valence-electron chi connectivity index (χ3n) is 4.90. The Morgan fingerprint density at radius 2 is 1.81 bits per heavy atom. The molecule has 2 aromatic carbocycles. The number of para-hydroxylation sites is 2. The Balaban J connectivity index is 1.72. The molecule has 0 amide bonds. The quantitative estimate of drug-likeness (QED) is 0.377. The van der Waals surface area contributed by atoms with Crippen molar-refractivity contribution in [1.29, 1.82) is 0 Å². The highest BCUT2D eigenvalue weighted by Crippen LogP contribution is 2.35. The number of halogens is 3. The Hall–Kier alpha value is -3.14. The van der Waals surface area contributed by atoms with Crippen molar-refractivity contribution in [3.63, 3.8) is 0 Å². The Kier molecular flexibility index (Phi) is 5.81. The van der Waals surface area contributed by atoms with Gasteiger partial charge in [-0.05, 0) is 36.2 Å². The predicted molar refractivity (Wildman–Crippen MR) is 114 cm³/mol. The van der Waals surface area contributed by atoms with Crippen molar-refractivity contribution in [2.45, 2.75) is 36.9 Å². The average molecular weight is 463 g/mol. The summed E-state index contributed by atoms with van der Waals surface area (Å²) in [5, 5.41) is 0.162. The highest BCUT2D eigenvalue weighted by atomic mass is 32.2. The van der Waals surface area contributed by atoms with E-state index in [9.17, 15) is 21.6 Å². The number of sulfone groups is 1. The molecule has 10 heteroatoms. The minimum atomic E-state index is -4.62. The summed E-state index contributed by atoms with van der Waals surface area (Å²) in [7, 11) is -3.82. The highest BCUT2D eigenvalue weighted by molar-refractivity contribution is 7.90. The maximum Gasteiger partial charge on any atom is 0.433 e. The van der Waals surface area contributed by atoms with E-state index in [1.165, 1.54) is 18.2 Å². The van der Waals surface area contributed by atoms with Crippen LogP contribution in [0.4, 0.5) is 13.2 Å². The van der Waals surface area contributed by atoms with Gasteiger partial charge < -0.3 is 9.72 Å². The number of alkyl halides is 3. The summed E-state index contributed by atoms with van der Waals surface area (Å²) in [5.74, 6) is -0.350. The molecule has 0 saturated heterocycles. The number of nitrogens with one attached hydrogen (secondary N) is 1. The highest BCUT2D eigenvalue weighted by Gasteiger charge is 2.34. The SMILES string of the molecule is CCCCOc1cc(C(F)(F)F)nc2ccc(CS(=O)(=O)c3nc4ccccc4[nH]3)cc12. The van der Waals surface area contributed by atoms with E-state index in [0.29, 0.717) is 28.4 Å². The number of aromatic nitrogens is 3. The molecule has 0 aliphatic carbocycles. The van der Waals surface area contributed by atoms with Crippen LogP contribution in [-0.2, 0) is 21.8 Å². The molecule has 0 radical (unpaired) electrons. The standard InChI is InChI=1S/C22H20F3N3O3S/c1-2-3-10-31-19-12-20(22(23,24)25)26-16-9-8-14(11-15(16)19)13-32(29,30)21-27-17-6-4-5-7-18(17)28-21/h4-9,11-12H,2-3,10,13H2,1H3,(H,27,28). The molecule has 0 atom stereocenters. The largest absolute Gasteiger partial charge is 0.493 e. The van der Waals surface area contributed by atoms with Crippen molar-refractivity contribution < 1.29 is 26.3 Å². The van der Waals surface area contributed by atoms with Crippen molar-refractivity contribution in [1.82, 2.24) is 15.0 Å². The number of hydrogen-bond acceptors (Lipinski definition) is 5. The van der Waals surface area contributed by atoms with Crippen LogP contribution in [0.15, 0.2) is 53.7 Å². The fourth-order valence-corrected chi connectivity index (χ4v) is 4.55. The van der Waals surface area contributed by atoms with Gasteiger partial charge in [-0.3, -0.25) is 0 Å². The number of imidazole rings is 1. The van der Waals surface area contributed by atoms with E-state index in [1.54, 1.807) is 24.3 Å². The monoisotopic (exact) mass is 463 g/mol. The van der Waals surface area contributed by atoms with Crippen LogP contribution < -0.4 is 4.74 Å². The van der Waals surface area contributed by atoms with Crippen LogP contribution in [0, 0.1) is 0 Å². The fourth-order valence-electron chi connectivity index (χ4n) is 3.29. The summed E-state index contributed by atoms with van der Waals surface area (Å²) < 4.78 is 71.2. The molecule has 2 aromatic heterocycles. The molecule has 2 heterocycles. The van der Waals surface area contributed by atoms with Crippen LogP contribution in [0.3, 0.4) is 0 Å². The molecule has 168 valence electrons. The average Bonchev–Trinajstić information content (AvgIpc) is 3.18. The van der Waals surface area contributed by atoms with Gasteiger partial charge in [-0.25, -0.2) is 18.4 Å². The Morgan fingerprint density at radius 1 is 1.03 bits per heavy atom. The van der Waals surface area contributed by atoms with Gasteiger partial charge in [0.05, 0.1) is 28.9 Å². The second-order valence-electron chi connectivity index (χ2n) is 7.38. The normalized spacial score (nSPS) is 12.5. The van der Waals surface area contributed by atoms with Gasteiger partial charge in [0.25, 0.3) is 0 Å². The van der Waals surface area contributed by atoms with Gasteiger partial charge in [-0.1, -0.05) is 31.5 Å². The summed E-state index contributed by atoms with van der Waals surface area (Å²) in [4.78, 5) is 10.6. The lowest BCUT2D eigenvalue weighted by Crippen LogP contribution is -2.10. The predicted octanol–water partition coefficient (Wildman–Crippen LogP) is 5.28. The van der Waals surface area contributed by atoms with Crippen molar-refractivity contribution in [3.05, 3.63) is 59.8 Å². The summed E-state index contributed by atoms with van der Waals surface area (Å²) in [6.45, 7) is 2.19. The molecule has 4 aromatic rings. The third-order valence-corrected chi connectivity index (χ3v) is 6.40. The molecule has 0 aliphatic heterocycles. The molecule has 0 spiro atoms. The van der Waals surface area contributed by atoms with E-state index >= 15 is 0 Å². The molecule has 0 aliphatic rings. The first kappa shape index (κ1) is 22.1. The fraction of sp³-hybridized carbons (Fsp3) is 0.273. The number of fused-ring (bicyclic) bond motifs is 2. The zero-order valence-corrected chi connectivity index (χ0v) is 17.9. The molecule has 6 nitrogen and oxygen atoms in total.